The van der Waals surface area contributed by atoms with Crippen molar-refractivity contribution in [2.75, 3.05) is 51.2 Å². The van der Waals surface area contributed by atoms with Gasteiger partial charge in [-0.25, -0.2) is 9.59 Å². The van der Waals surface area contributed by atoms with E-state index in [0.717, 1.165) is 44.1 Å². The number of unbranched alkanes of at least 4 members (excludes halogenated alkanes) is 4. The number of esters is 1. The fourth-order valence-electron chi connectivity index (χ4n) is 6.29. The number of para-hydroxylation sites is 2. The van der Waals surface area contributed by atoms with Gasteiger partial charge in [-0.05, 0) is 49.1 Å². The van der Waals surface area contributed by atoms with Gasteiger partial charge < -0.3 is 24.3 Å². The number of ether oxygens (including phenoxy) is 1. The van der Waals surface area contributed by atoms with Gasteiger partial charge in [0, 0.05) is 46.2 Å². The largest absolute Gasteiger partial charge is 0.461 e. The van der Waals surface area contributed by atoms with Gasteiger partial charge in [-0.3, -0.25) is 14.5 Å². The molecule has 0 aromatic heterocycles. The Labute approximate surface area is 303 Å². The Morgan fingerprint density at radius 2 is 1.24 bits per heavy atom. The maximum atomic E-state index is 14.6. The zero-order valence-corrected chi connectivity index (χ0v) is 30.6. The fourth-order valence-corrected chi connectivity index (χ4v) is 6.29. The Bertz CT molecular complexity index is 1460. The van der Waals surface area contributed by atoms with Crippen LogP contribution in [-0.4, -0.2) is 95.9 Å². The van der Waals surface area contributed by atoms with Gasteiger partial charge in [0.05, 0.1) is 17.9 Å². The van der Waals surface area contributed by atoms with Crippen molar-refractivity contribution in [3.63, 3.8) is 0 Å². The highest BCUT2D eigenvalue weighted by molar-refractivity contribution is 6.01. The molecule has 0 spiro atoms. The Balaban J connectivity index is 1.52. The highest BCUT2D eigenvalue weighted by Crippen LogP contribution is 2.28. The van der Waals surface area contributed by atoms with Gasteiger partial charge >= 0.3 is 18.0 Å². The molecule has 1 unspecified atom stereocenters. The molecule has 0 saturated carbocycles. The Morgan fingerprint density at radius 3 is 1.78 bits per heavy atom. The Hall–Kier alpha value is -4.86. The van der Waals surface area contributed by atoms with Crippen LogP contribution in [-0.2, 0) is 20.9 Å². The number of amides is 5. The summed E-state index contributed by atoms with van der Waals surface area (Å²) in [6.07, 6.45) is 6.62. The molecule has 1 heterocycles. The van der Waals surface area contributed by atoms with E-state index >= 15 is 0 Å². The average molecular weight is 698 g/mol. The van der Waals surface area contributed by atoms with E-state index in [-0.39, 0.29) is 50.1 Å². The Kier molecular flexibility index (Phi) is 15.8. The van der Waals surface area contributed by atoms with Crippen LogP contribution in [0, 0.1) is 0 Å². The lowest BCUT2D eigenvalue weighted by Crippen LogP contribution is -2.64. The van der Waals surface area contributed by atoms with E-state index < -0.39 is 6.04 Å². The predicted octanol–water partition coefficient (Wildman–Crippen LogP) is 7.72. The number of carbonyl (C=O) groups is 4. The molecule has 51 heavy (non-hydrogen) atoms. The molecule has 1 saturated heterocycles. The van der Waals surface area contributed by atoms with Gasteiger partial charge in [-0.15, -0.1) is 0 Å². The molecule has 1 atom stereocenters. The summed E-state index contributed by atoms with van der Waals surface area (Å²) in [6, 6.07) is 27.0. The summed E-state index contributed by atoms with van der Waals surface area (Å²) in [5.41, 5.74) is 2.27. The van der Waals surface area contributed by atoms with Crippen molar-refractivity contribution >= 4 is 35.3 Å². The molecular weight excluding hydrogens is 642 g/mol. The summed E-state index contributed by atoms with van der Waals surface area (Å²) >= 11 is 0. The van der Waals surface area contributed by atoms with Crippen LogP contribution in [0.15, 0.2) is 91.0 Å². The summed E-state index contributed by atoms with van der Waals surface area (Å²) in [5, 5.41) is 0. The number of likely N-dealkylation sites (N-methyl/N-ethyl adjacent to an activating group) is 1. The van der Waals surface area contributed by atoms with Crippen molar-refractivity contribution in [3.8, 4) is 0 Å². The first kappa shape index (κ1) is 38.9. The van der Waals surface area contributed by atoms with Gasteiger partial charge in [-0.1, -0.05) is 106 Å². The second kappa shape index (κ2) is 20.7. The van der Waals surface area contributed by atoms with Crippen LogP contribution in [0.2, 0.25) is 0 Å². The zero-order valence-electron chi connectivity index (χ0n) is 30.6. The van der Waals surface area contributed by atoms with Gasteiger partial charge in [-0.2, -0.15) is 0 Å². The van der Waals surface area contributed by atoms with E-state index in [4.69, 9.17) is 4.74 Å². The quantitative estimate of drug-likeness (QED) is 0.106. The number of hydrogen-bond acceptors (Lipinski definition) is 5. The summed E-state index contributed by atoms with van der Waals surface area (Å²) in [6.45, 7) is 6.74. The molecule has 0 N–H and O–H groups in total. The van der Waals surface area contributed by atoms with Crippen LogP contribution in [0.4, 0.5) is 21.0 Å². The number of nitrogens with zero attached hydrogens (tertiary/aromatic N) is 5. The van der Waals surface area contributed by atoms with Gasteiger partial charge in [0.1, 0.15) is 12.6 Å². The average Bonchev–Trinajstić information content (AvgIpc) is 3.17. The van der Waals surface area contributed by atoms with E-state index in [1.807, 2.05) is 95.9 Å². The van der Waals surface area contributed by atoms with E-state index in [1.165, 1.54) is 0 Å². The minimum Gasteiger partial charge on any atom is -0.461 e. The minimum absolute atomic E-state index is 0.0844. The second-order valence-electron chi connectivity index (χ2n) is 13.1. The van der Waals surface area contributed by atoms with E-state index in [1.54, 1.807) is 26.6 Å². The number of benzene rings is 3. The van der Waals surface area contributed by atoms with Crippen molar-refractivity contribution in [2.24, 2.45) is 0 Å². The highest BCUT2D eigenvalue weighted by Gasteiger charge is 2.41. The number of hydrogen-bond donors (Lipinski definition) is 0. The van der Waals surface area contributed by atoms with Crippen molar-refractivity contribution in [3.05, 3.63) is 96.6 Å². The van der Waals surface area contributed by atoms with Crippen LogP contribution in [0.25, 0.3) is 0 Å². The summed E-state index contributed by atoms with van der Waals surface area (Å²) in [4.78, 5) is 63.9. The monoisotopic (exact) mass is 697 g/mol. The SMILES string of the molecule is CCCCCN(CCCCC)C(=O)N1CCN(C(=O)N(c2ccccc2)c2ccccc2)C(C(=O)N(C)CCCC(=O)OCc2ccccc2)C1. The molecule has 1 aliphatic heterocycles. The van der Waals surface area contributed by atoms with Gasteiger partial charge in [0.2, 0.25) is 5.91 Å². The van der Waals surface area contributed by atoms with Crippen LogP contribution in [0.3, 0.4) is 0 Å². The van der Waals surface area contributed by atoms with Crippen LogP contribution < -0.4 is 4.90 Å². The maximum absolute atomic E-state index is 14.6. The summed E-state index contributed by atoms with van der Waals surface area (Å²) in [5.74, 6) is -0.610. The van der Waals surface area contributed by atoms with E-state index in [0.29, 0.717) is 44.0 Å². The minimum atomic E-state index is -0.909. The molecule has 0 bridgehead atoms. The summed E-state index contributed by atoms with van der Waals surface area (Å²) < 4.78 is 5.43. The van der Waals surface area contributed by atoms with Crippen molar-refractivity contribution in [2.45, 2.75) is 77.9 Å². The molecule has 3 aromatic carbocycles. The third-order valence-electron chi connectivity index (χ3n) is 9.23. The van der Waals surface area contributed by atoms with Crippen molar-refractivity contribution < 1.29 is 23.9 Å². The topological polar surface area (TPSA) is 93.7 Å². The number of anilines is 2. The molecule has 0 aliphatic carbocycles. The first-order valence-corrected chi connectivity index (χ1v) is 18.5. The third-order valence-corrected chi connectivity index (χ3v) is 9.23. The zero-order chi connectivity index (χ0) is 36.4. The molecule has 5 amide bonds. The first-order valence-electron chi connectivity index (χ1n) is 18.5. The molecule has 1 aliphatic rings. The normalized spacial score (nSPS) is 14.1. The number of urea groups is 2. The number of carbonyl (C=O) groups excluding carboxylic acids is 4. The smallest absolute Gasteiger partial charge is 0.329 e. The third kappa shape index (κ3) is 11.6. The van der Waals surface area contributed by atoms with Gasteiger partial charge in [0.25, 0.3) is 0 Å². The molecule has 10 heteroatoms. The van der Waals surface area contributed by atoms with Crippen LogP contribution >= 0.6 is 0 Å². The first-order chi connectivity index (χ1) is 24.8. The fraction of sp³-hybridized carbons (Fsp3) is 0.463. The molecule has 4 rings (SSSR count). The van der Waals surface area contributed by atoms with E-state index in [2.05, 4.69) is 13.8 Å². The lowest BCUT2D eigenvalue weighted by molar-refractivity contribution is -0.145. The predicted molar refractivity (Wildman–Crippen MR) is 202 cm³/mol. The molecule has 10 nitrogen and oxygen atoms in total. The van der Waals surface area contributed by atoms with Crippen LogP contribution in [0.1, 0.15) is 70.8 Å². The molecule has 1 fully saturated rings. The van der Waals surface area contributed by atoms with Gasteiger partial charge in [0.15, 0.2) is 0 Å². The number of piperazine rings is 1. The Morgan fingerprint density at radius 1 is 0.686 bits per heavy atom. The van der Waals surface area contributed by atoms with Crippen LogP contribution in [0.5, 0.6) is 0 Å². The molecule has 274 valence electrons. The highest BCUT2D eigenvalue weighted by atomic mass is 16.5. The summed E-state index contributed by atoms with van der Waals surface area (Å²) in [7, 11) is 1.69. The van der Waals surface area contributed by atoms with Crippen molar-refractivity contribution in [1.82, 2.24) is 19.6 Å². The second-order valence-corrected chi connectivity index (χ2v) is 13.1. The molecule has 3 aromatic rings. The molecular formula is C41H55N5O5. The maximum Gasteiger partial charge on any atom is 0.329 e. The lowest BCUT2D eigenvalue weighted by atomic mass is 10.1. The molecule has 0 radical (unpaired) electrons. The van der Waals surface area contributed by atoms with Crippen molar-refractivity contribution in [1.29, 1.82) is 0 Å². The van der Waals surface area contributed by atoms with E-state index in [9.17, 15) is 19.2 Å². The lowest BCUT2D eigenvalue weighted by Gasteiger charge is -2.44. The standard InChI is InChI=1S/C41H55N5O5/c1-4-6-17-28-43(29-18-7-5-2)40(49)44-30-31-45(41(50)46(35-22-13-9-14-23-35)36-24-15-10-16-25-36)37(32-44)39(48)42(3)27-19-26-38(47)51-33-34-20-11-8-12-21-34/h8-16,20-25,37H,4-7,17-19,26-33H2,1-3H3. The number of rotatable bonds is 17.